The number of esters is 1. The smallest absolute Gasteiger partial charge is 0.310 e. The maximum Gasteiger partial charge on any atom is 0.310 e. The van der Waals surface area contributed by atoms with Gasteiger partial charge in [-0.1, -0.05) is 42.5 Å². The molecule has 0 aliphatic carbocycles. The maximum absolute atomic E-state index is 13.8. The molecule has 0 saturated carbocycles. The fraction of sp³-hybridized carbons (Fsp3) is 0.323. The van der Waals surface area contributed by atoms with Crippen LogP contribution in [-0.4, -0.2) is 49.2 Å². The highest BCUT2D eigenvalue weighted by Crippen LogP contribution is 2.33. The van der Waals surface area contributed by atoms with Crippen LogP contribution in [0.4, 0.5) is 5.69 Å². The molecule has 2 amide bonds. The summed E-state index contributed by atoms with van der Waals surface area (Å²) in [5.74, 6) is 0.407. The van der Waals surface area contributed by atoms with Crippen molar-refractivity contribution in [3.05, 3.63) is 89.5 Å². The Hall–Kier alpha value is -4.33. The first-order valence-electron chi connectivity index (χ1n) is 13.3. The Labute approximate surface area is 228 Å². The van der Waals surface area contributed by atoms with Crippen molar-refractivity contribution >= 4 is 23.5 Å². The van der Waals surface area contributed by atoms with Gasteiger partial charge in [0.2, 0.25) is 12.7 Å². The first-order chi connectivity index (χ1) is 19.0. The van der Waals surface area contributed by atoms with Crippen molar-refractivity contribution in [2.45, 2.75) is 32.7 Å². The number of amides is 2. The molecule has 3 aromatic carbocycles. The fourth-order valence-electron chi connectivity index (χ4n) is 5.01. The largest absolute Gasteiger partial charge is 0.466 e. The molecule has 1 unspecified atom stereocenters. The molecule has 1 fully saturated rings. The molecule has 2 heterocycles. The highest BCUT2D eigenvalue weighted by molar-refractivity contribution is 6.06. The highest BCUT2D eigenvalue weighted by Gasteiger charge is 2.29. The molecular formula is C31H32N2O6. The maximum atomic E-state index is 13.8. The number of ether oxygens (including phenoxy) is 3. The Bertz CT molecular complexity index is 1340. The minimum Gasteiger partial charge on any atom is -0.466 e. The van der Waals surface area contributed by atoms with Gasteiger partial charge >= 0.3 is 5.97 Å². The SMILES string of the molecule is CCOC(=O)C1CCCN(C(=O)Cc2cccc(N(Cc3ccccc3)C(=O)c3ccc4c(c3)OCO4)c2)C1. The second kappa shape index (κ2) is 12.0. The normalized spacial score (nSPS) is 16.0. The van der Waals surface area contributed by atoms with Crippen LogP contribution in [0.5, 0.6) is 11.5 Å². The summed E-state index contributed by atoms with van der Waals surface area (Å²) in [7, 11) is 0. The van der Waals surface area contributed by atoms with Crippen LogP contribution in [-0.2, 0) is 27.3 Å². The Balaban J connectivity index is 1.36. The number of fused-ring (bicyclic) bond motifs is 1. The van der Waals surface area contributed by atoms with E-state index >= 15 is 0 Å². The lowest BCUT2D eigenvalue weighted by molar-refractivity contribution is -0.151. The van der Waals surface area contributed by atoms with Crippen LogP contribution in [0, 0.1) is 5.92 Å². The minimum atomic E-state index is -0.283. The van der Waals surface area contributed by atoms with Crippen molar-refractivity contribution in [1.82, 2.24) is 4.90 Å². The predicted molar refractivity (Wildman–Crippen MR) is 146 cm³/mol. The number of hydrogen-bond donors (Lipinski definition) is 0. The van der Waals surface area contributed by atoms with Crippen molar-refractivity contribution in [2.24, 2.45) is 5.92 Å². The number of nitrogens with zero attached hydrogens (tertiary/aromatic N) is 2. The second-order valence-corrected chi connectivity index (χ2v) is 9.72. The molecule has 0 spiro atoms. The van der Waals surface area contributed by atoms with E-state index in [0.717, 1.165) is 24.0 Å². The zero-order valence-electron chi connectivity index (χ0n) is 22.0. The summed E-state index contributed by atoms with van der Waals surface area (Å²) >= 11 is 0. The summed E-state index contributed by atoms with van der Waals surface area (Å²) in [6.45, 7) is 3.61. The van der Waals surface area contributed by atoms with Gasteiger partial charge in [0.15, 0.2) is 11.5 Å². The minimum absolute atomic E-state index is 0.0437. The van der Waals surface area contributed by atoms with E-state index in [0.29, 0.717) is 49.0 Å². The number of benzene rings is 3. The average molecular weight is 529 g/mol. The average Bonchev–Trinajstić information content (AvgIpc) is 3.44. The zero-order valence-corrected chi connectivity index (χ0v) is 22.0. The second-order valence-electron chi connectivity index (χ2n) is 9.72. The number of likely N-dealkylation sites (tertiary alicyclic amines) is 1. The molecule has 202 valence electrons. The molecule has 8 nitrogen and oxygen atoms in total. The van der Waals surface area contributed by atoms with Gasteiger partial charge in [-0.15, -0.1) is 0 Å². The van der Waals surface area contributed by atoms with Crippen LogP contribution in [0.1, 0.15) is 41.3 Å². The van der Waals surface area contributed by atoms with Gasteiger partial charge in [0.25, 0.3) is 5.91 Å². The number of carbonyl (C=O) groups is 3. The van der Waals surface area contributed by atoms with Crippen molar-refractivity contribution in [3.8, 4) is 11.5 Å². The van der Waals surface area contributed by atoms with E-state index in [1.807, 2.05) is 54.6 Å². The van der Waals surface area contributed by atoms with E-state index in [-0.39, 0.29) is 36.9 Å². The number of rotatable bonds is 8. The highest BCUT2D eigenvalue weighted by atomic mass is 16.7. The van der Waals surface area contributed by atoms with Crippen LogP contribution >= 0.6 is 0 Å². The first-order valence-corrected chi connectivity index (χ1v) is 13.3. The summed E-state index contributed by atoms with van der Waals surface area (Å²) in [6.07, 6.45) is 1.68. The topological polar surface area (TPSA) is 85.4 Å². The van der Waals surface area contributed by atoms with E-state index in [1.165, 1.54) is 0 Å². The molecule has 1 saturated heterocycles. The standard InChI is InChI=1S/C31H32N2O6/c1-2-37-31(36)25-11-7-15-32(20-25)29(34)17-23-10-6-12-26(16-23)33(19-22-8-4-3-5-9-22)30(35)24-13-14-27-28(18-24)39-21-38-27/h3-6,8-10,12-14,16,18,25H,2,7,11,15,17,19-21H2,1H3. The lowest BCUT2D eigenvalue weighted by atomic mass is 9.97. The van der Waals surface area contributed by atoms with Gasteiger partial charge in [0.1, 0.15) is 0 Å². The Morgan fingerprint density at radius 3 is 2.56 bits per heavy atom. The Morgan fingerprint density at radius 2 is 1.74 bits per heavy atom. The van der Waals surface area contributed by atoms with Gasteiger partial charge in [0.05, 0.1) is 25.5 Å². The number of carbonyl (C=O) groups excluding carboxylic acids is 3. The van der Waals surface area contributed by atoms with Gasteiger partial charge in [-0.3, -0.25) is 14.4 Å². The number of anilines is 1. The van der Waals surface area contributed by atoms with E-state index in [2.05, 4.69) is 0 Å². The molecule has 3 aromatic rings. The van der Waals surface area contributed by atoms with Crippen LogP contribution in [0.25, 0.3) is 0 Å². The van der Waals surface area contributed by atoms with Crippen LogP contribution in [0.3, 0.4) is 0 Å². The molecule has 0 bridgehead atoms. The third kappa shape index (κ3) is 6.22. The van der Waals surface area contributed by atoms with E-state index in [4.69, 9.17) is 14.2 Å². The Morgan fingerprint density at radius 1 is 0.949 bits per heavy atom. The molecule has 39 heavy (non-hydrogen) atoms. The van der Waals surface area contributed by atoms with Crippen molar-refractivity contribution in [1.29, 1.82) is 0 Å². The molecule has 5 rings (SSSR count). The molecule has 0 aromatic heterocycles. The summed E-state index contributed by atoms with van der Waals surface area (Å²) in [5, 5.41) is 0. The monoisotopic (exact) mass is 528 g/mol. The molecule has 1 atom stereocenters. The first kappa shape index (κ1) is 26.3. The van der Waals surface area contributed by atoms with Crippen molar-refractivity contribution in [2.75, 3.05) is 31.4 Å². The summed E-state index contributed by atoms with van der Waals surface area (Å²) in [4.78, 5) is 42.7. The third-order valence-corrected chi connectivity index (χ3v) is 7.02. The third-order valence-electron chi connectivity index (χ3n) is 7.02. The lowest BCUT2D eigenvalue weighted by Crippen LogP contribution is -2.43. The van der Waals surface area contributed by atoms with Crippen LogP contribution in [0.2, 0.25) is 0 Å². The van der Waals surface area contributed by atoms with Crippen molar-refractivity contribution < 1.29 is 28.6 Å². The zero-order chi connectivity index (χ0) is 27.2. The number of piperidine rings is 1. The summed E-state index contributed by atoms with van der Waals surface area (Å²) in [6, 6.07) is 22.5. The van der Waals surface area contributed by atoms with E-state index < -0.39 is 0 Å². The molecule has 0 N–H and O–H groups in total. The molecular weight excluding hydrogens is 496 g/mol. The quantitative estimate of drug-likeness (QED) is 0.397. The van der Waals surface area contributed by atoms with Crippen molar-refractivity contribution in [3.63, 3.8) is 0 Å². The molecule has 0 radical (unpaired) electrons. The van der Waals surface area contributed by atoms with E-state index in [9.17, 15) is 14.4 Å². The van der Waals surface area contributed by atoms with Gasteiger partial charge in [-0.25, -0.2) is 0 Å². The fourth-order valence-corrected chi connectivity index (χ4v) is 5.01. The van der Waals surface area contributed by atoms with Gasteiger partial charge in [0, 0.05) is 24.3 Å². The van der Waals surface area contributed by atoms with Gasteiger partial charge in [-0.05, 0) is 61.2 Å². The van der Waals surface area contributed by atoms with Crippen LogP contribution < -0.4 is 14.4 Å². The van der Waals surface area contributed by atoms with Gasteiger partial charge in [-0.2, -0.15) is 0 Å². The predicted octanol–water partition coefficient (Wildman–Crippen LogP) is 4.61. The van der Waals surface area contributed by atoms with Gasteiger partial charge < -0.3 is 24.0 Å². The number of hydrogen-bond acceptors (Lipinski definition) is 6. The lowest BCUT2D eigenvalue weighted by Gasteiger charge is -2.31. The summed E-state index contributed by atoms with van der Waals surface area (Å²) < 4.78 is 16.1. The van der Waals surface area contributed by atoms with E-state index in [1.54, 1.807) is 34.9 Å². The Kier molecular flexibility index (Phi) is 8.10. The molecule has 8 heteroatoms. The van der Waals surface area contributed by atoms with Crippen LogP contribution in [0.15, 0.2) is 72.8 Å². The molecule has 2 aliphatic heterocycles. The summed E-state index contributed by atoms with van der Waals surface area (Å²) in [5.41, 5.74) is 2.95. The molecule has 2 aliphatic rings.